The number of halogens is 2. The maximum atomic E-state index is 12.7. The number of nitrogens with one attached hydrogen (secondary N) is 1. The molecule has 0 spiro atoms. The van der Waals surface area contributed by atoms with Gasteiger partial charge in [0.25, 0.3) is 17.6 Å². The Hall–Kier alpha value is -3.20. The number of aromatic nitrogens is 2. The number of carbonyl (C=O) groups excluding carboxylic acids is 2. The zero-order valence-electron chi connectivity index (χ0n) is 13.8. The Balaban J connectivity index is 1.92. The number of carbonyl (C=O) groups is 2. The quantitative estimate of drug-likeness (QED) is 0.632. The number of thioether (sulfide) groups is 1. The van der Waals surface area contributed by atoms with E-state index in [0.717, 1.165) is 0 Å². The average molecular weight is 388 g/mol. The number of nitrogens with zero attached hydrogens (tertiary/aromatic N) is 2. The van der Waals surface area contributed by atoms with Gasteiger partial charge in [0.1, 0.15) is 5.69 Å². The van der Waals surface area contributed by atoms with Gasteiger partial charge < -0.3 is 11.1 Å². The maximum Gasteiger partial charge on any atom is 0.288 e. The number of para-hydroxylation sites is 2. The van der Waals surface area contributed by atoms with Crippen molar-refractivity contribution in [2.24, 2.45) is 5.73 Å². The lowest BCUT2D eigenvalue weighted by molar-refractivity contribution is 0.0991. The summed E-state index contributed by atoms with van der Waals surface area (Å²) in [6.07, 6.45) is 0. The van der Waals surface area contributed by atoms with Crippen LogP contribution in [0.5, 0.6) is 0 Å². The van der Waals surface area contributed by atoms with Crippen LogP contribution in [0.1, 0.15) is 21.0 Å². The minimum absolute atomic E-state index is 0.0293. The molecule has 3 rings (SSSR count). The number of anilines is 1. The summed E-state index contributed by atoms with van der Waals surface area (Å²) in [7, 11) is 0. The third-order valence-electron chi connectivity index (χ3n) is 3.55. The Morgan fingerprint density at radius 3 is 2.41 bits per heavy atom. The Labute approximate surface area is 157 Å². The van der Waals surface area contributed by atoms with E-state index in [2.05, 4.69) is 10.4 Å². The highest BCUT2D eigenvalue weighted by molar-refractivity contribution is 7.99. The first-order valence-corrected chi connectivity index (χ1v) is 8.64. The van der Waals surface area contributed by atoms with Gasteiger partial charge in [-0.25, -0.2) is 4.68 Å². The molecule has 0 unspecified atom stereocenters. The second-order valence-corrected chi connectivity index (χ2v) is 6.39. The third kappa shape index (κ3) is 4.32. The number of rotatable bonds is 6. The number of benzene rings is 2. The number of alkyl halides is 2. The van der Waals surface area contributed by atoms with Crippen LogP contribution in [-0.2, 0) is 0 Å². The van der Waals surface area contributed by atoms with Gasteiger partial charge in [0.05, 0.1) is 11.4 Å². The molecule has 3 aromatic rings. The molecule has 0 radical (unpaired) electrons. The summed E-state index contributed by atoms with van der Waals surface area (Å²) in [5.74, 6) is -4.02. The van der Waals surface area contributed by atoms with Crippen LogP contribution < -0.4 is 11.1 Å². The average Bonchev–Trinajstić information content (AvgIpc) is 3.09. The first-order valence-electron chi connectivity index (χ1n) is 7.76. The summed E-state index contributed by atoms with van der Waals surface area (Å²) in [5, 5.41) is 6.68. The van der Waals surface area contributed by atoms with Crippen LogP contribution in [-0.4, -0.2) is 27.4 Å². The van der Waals surface area contributed by atoms with Gasteiger partial charge in [-0.1, -0.05) is 42.1 Å². The molecule has 0 saturated carbocycles. The standard InChI is InChI=1S/C18H14F2N4O2S/c19-18(20)27-15-9-5-4-8-12(15)22-17(26)13-10-14(16(21)25)24(23-13)11-6-2-1-3-7-11/h1-10,18H,(H2,21,25)(H,22,26). The fourth-order valence-corrected chi connectivity index (χ4v) is 2.98. The van der Waals surface area contributed by atoms with Crippen LogP contribution in [0.3, 0.4) is 0 Å². The molecule has 1 heterocycles. The number of hydrogen-bond donors (Lipinski definition) is 2. The van der Waals surface area contributed by atoms with Gasteiger partial charge in [-0.15, -0.1) is 0 Å². The highest BCUT2D eigenvalue weighted by Crippen LogP contribution is 2.31. The lowest BCUT2D eigenvalue weighted by Crippen LogP contribution is -2.16. The highest BCUT2D eigenvalue weighted by Gasteiger charge is 2.20. The van der Waals surface area contributed by atoms with Crippen molar-refractivity contribution >= 4 is 29.3 Å². The normalized spacial score (nSPS) is 10.8. The molecule has 0 saturated heterocycles. The minimum atomic E-state index is -2.62. The lowest BCUT2D eigenvalue weighted by Gasteiger charge is -2.09. The molecular weight excluding hydrogens is 374 g/mol. The zero-order chi connectivity index (χ0) is 19.4. The summed E-state index contributed by atoms with van der Waals surface area (Å²) in [4.78, 5) is 24.5. The van der Waals surface area contributed by atoms with Crippen molar-refractivity contribution in [2.45, 2.75) is 10.7 Å². The smallest absolute Gasteiger partial charge is 0.288 e. The van der Waals surface area contributed by atoms with E-state index in [1.54, 1.807) is 42.5 Å². The molecule has 0 fully saturated rings. The monoisotopic (exact) mass is 388 g/mol. The number of hydrogen-bond acceptors (Lipinski definition) is 4. The summed E-state index contributed by atoms with van der Waals surface area (Å²) in [6, 6.07) is 16.1. The van der Waals surface area contributed by atoms with Crippen LogP contribution >= 0.6 is 11.8 Å². The van der Waals surface area contributed by atoms with Crippen molar-refractivity contribution in [3.05, 3.63) is 72.1 Å². The molecule has 9 heteroatoms. The van der Waals surface area contributed by atoms with Crippen LogP contribution in [0.25, 0.3) is 5.69 Å². The van der Waals surface area contributed by atoms with E-state index in [1.807, 2.05) is 0 Å². The topological polar surface area (TPSA) is 90.0 Å². The van der Waals surface area contributed by atoms with E-state index in [1.165, 1.54) is 22.9 Å². The van der Waals surface area contributed by atoms with E-state index in [4.69, 9.17) is 5.73 Å². The molecule has 0 aliphatic rings. The largest absolute Gasteiger partial charge is 0.364 e. The van der Waals surface area contributed by atoms with Gasteiger partial charge in [0.2, 0.25) is 0 Å². The van der Waals surface area contributed by atoms with Crippen LogP contribution in [0, 0.1) is 0 Å². The van der Waals surface area contributed by atoms with Gasteiger partial charge in [0, 0.05) is 11.0 Å². The van der Waals surface area contributed by atoms with Gasteiger partial charge >= 0.3 is 0 Å². The number of primary amides is 1. The summed E-state index contributed by atoms with van der Waals surface area (Å²) >= 11 is 0.325. The molecule has 0 aliphatic heterocycles. The van der Waals surface area contributed by atoms with Crippen LogP contribution in [0.4, 0.5) is 14.5 Å². The molecule has 138 valence electrons. The second kappa shape index (κ2) is 8.00. The fraction of sp³-hybridized carbons (Fsp3) is 0.0556. The Kier molecular flexibility index (Phi) is 5.51. The van der Waals surface area contributed by atoms with E-state index < -0.39 is 17.6 Å². The predicted molar refractivity (Wildman–Crippen MR) is 98.3 cm³/mol. The SMILES string of the molecule is NC(=O)c1cc(C(=O)Nc2ccccc2SC(F)F)nn1-c1ccccc1. The zero-order valence-corrected chi connectivity index (χ0v) is 14.6. The third-order valence-corrected chi connectivity index (χ3v) is 4.33. The first kappa shape index (κ1) is 18.6. The molecule has 2 aromatic carbocycles. The van der Waals surface area contributed by atoms with Gasteiger partial charge in [-0.3, -0.25) is 9.59 Å². The molecular formula is C18H14F2N4O2S. The number of amides is 2. The van der Waals surface area contributed by atoms with Gasteiger partial charge in [-0.2, -0.15) is 13.9 Å². The Morgan fingerprint density at radius 1 is 1.07 bits per heavy atom. The van der Waals surface area contributed by atoms with Crippen molar-refractivity contribution in [1.29, 1.82) is 0 Å². The van der Waals surface area contributed by atoms with Crippen LogP contribution in [0.2, 0.25) is 0 Å². The molecule has 0 bridgehead atoms. The summed E-state index contributed by atoms with van der Waals surface area (Å²) < 4.78 is 26.6. The van der Waals surface area contributed by atoms with E-state index in [9.17, 15) is 18.4 Å². The van der Waals surface area contributed by atoms with E-state index >= 15 is 0 Å². The molecule has 6 nitrogen and oxygen atoms in total. The van der Waals surface area contributed by atoms with Crippen molar-refractivity contribution in [3.8, 4) is 5.69 Å². The number of nitrogens with two attached hydrogens (primary N) is 1. The molecule has 3 N–H and O–H groups in total. The van der Waals surface area contributed by atoms with Gasteiger partial charge in [-0.05, 0) is 24.3 Å². The Morgan fingerprint density at radius 2 is 1.74 bits per heavy atom. The van der Waals surface area contributed by atoms with Crippen molar-refractivity contribution in [3.63, 3.8) is 0 Å². The summed E-state index contributed by atoms with van der Waals surface area (Å²) in [5.41, 5.74) is 6.12. The fourth-order valence-electron chi connectivity index (χ4n) is 2.39. The molecule has 0 aliphatic carbocycles. The van der Waals surface area contributed by atoms with E-state index in [-0.39, 0.29) is 22.0 Å². The first-order chi connectivity index (χ1) is 13.0. The minimum Gasteiger partial charge on any atom is -0.364 e. The maximum absolute atomic E-state index is 12.7. The highest BCUT2D eigenvalue weighted by atomic mass is 32.2. The predicted octanol–water partition coefficient (Wildman–Crippen LogP) is 3.54. The molecule has 2 amide bonds. The van der Waals surface area contributed by atoms with Crippen molar-refractivity contribution in [1.82, 2.24) is 9.78 Å². The second-order valence-electron chi connectivity index (χ2n) is 5.36. The van der Waals surface area contributed by atoms with E-state index in [0.29, 0.717) is 17.4 Å². The van der Waals surface area contributed by atoms with Crippen molar-refractivity contribution < 1.29 is 18.4 Å². The lowest BCUT2D eigenvalue weighted by atomic mass is 10.3. The van der Waals surface area contributed by atoms with Crippen LogP contribution in [0.15, 0.2) is 65.6 Å². The van der Waals surface area contributed by atoms with Crippen molar-refractivity contribution in [2.75, 3.05) is 5.32 Å². The summed E-state index contributed by atoms with van der Waals surface area (Å²) in [6.45, 7) is 0. The molecule has 1 aromatic heterocycles. The molecule has 0 atom stereocenters. The van der Waals surface area contributed by atoms with Gasteiger partial charge in [0.15, 0.2) is 5.69 Å². The Bertz CT molecular complexity index is 977. The molecule has 27 heavy (non-hydrogen) atoms.